The van der Waals surface area contributed by atoms with Crippen LogP contribution in [0.25, 0.3) is 11.1 Å². The number of benzene rings is 1. The van der Waals surface area contributed by atoms with Crippen molar-refractivity contribution in [3.63, 3.8) is 0 Å². The number of carbonyl (C=O) groups is 1. The van der Waals surface area contributed by atoms with Gasteiger partial charge in [-0.05, 0) is 35.6 Å². The summed E-state index contributed by atoms with van der Waals surface area (Å²) >= 11 is 1.31. The van der Waals surface area contributed by atoms with Crippen molar-refractivity contribution < 1.29 is 17.6 Å². The predicted molar refractivity (Wildman–Crippen MR) is 88.9 cm³/mol. The van der Waals surface area contributed by atoms with Crippen molar-refractivity contribution in [1.82, 2.24) is 4.90 Å². The molecule has 1 fully saturated rings. The average molecular weight is 353 g/mol. The molecule has 7 heteroatoms. The lowest BCUT2D eigenvalue weighted by atomic mass is 10.1. The van der Waals surface area contributed by atoms with Gasteiger partial charge in [0, 0.05) is 18.7 Å². The minimum Gasteiger partial charge on any atom is -0.337 e. The van der Waals surface area contributed by atoms with Crippen molar-refractivity contribution in [1.29, 1.82) is 0 Å². The zero-order valence-corrected chi connectivity index (χ0v) is 14.2. The first-order valence-corrected chi connectivity index (χ1v) is 9.88. The van der Waals surface area contributed by atoms with Gasteiger partial charge in [0.1, 0.15) is 5.82 Å². The Hall–Kier alpha value is -1.73. The fraction of sp³-hybridized carbons (Fsp3) is 0.312. The van der Waals surface area contributed by atoms with Crippen LogP contribution in [-0.2, 0) is 9.84 Å². The monoisotopic (exact) mass is 353 g/mol. The second-order valence-corrected chi connectivity index (χ2v) is 8.79. The highest BCUT2D eigenvalue weighted by Crippen LogP contribution is 2.30. The molecule has 0 bridgehead atoms. The molecule has 0 unspecified atom stereocenters. The van der Waals surface area contributed by atoms with E-state index in [1.807, 2.05) is 11.4 Å². The van der Waals surface area contributed by atoms with E-state index in [-0.39, 0.29) is 29.3 Å². The van der Waals surface area contributed by atoms with Gasteiger partial charge in [-0.1, -0.05) is 12.1 Å². The number of hydrogen-bond acceptors (Lipinski definition) is 4. The van der Waals surface area contributed by atoms with Crippen LogP contribution in [0, 0.1) is 5.82 Å². The summed E-state index contributed by atoms with van der Waals surface area (Å²) in [6.45, 7) is 0. The van der Waals surface area contributed by atoms with Gasteiger partial charge in [-0.2, -0.15) is 0 Å². The normalized spacial score (nSPS) is 19.7. The topological polar surface area (TPSA) is 54.5 Å². The maximum atomic E-state index is 13.1. The molecule has 1 aliphatic rings. The third-order valence-electron chi connectivity index (χ3n) is 4.09. The van der Waals surface area contributed by atoms with Gasteiger partial charge in [-0.3, -0.25) is 4.79 Å². The molecule has 1 aliphatic heterocycles. The molecule has 0 N–H and O–H groups in total. The first-order chi connectivity index (χ1) is 10.9. The number of thiophene rings is 1. The van der Waals surface area contributed by atoms with E-state index in [9.17, 15) is 17.6 Å². The van der Waals surface area contributed by atoms with Gasteiger partial charge >= 0.3 is 0 Å². The molecule has 2 heterocycles. The molecule has 23 heavy (non-hydrogen) atoms. The lowest BCUT2D eigenvalue weighted by molar-refractivity contribution is 0.0753. The van der Waals surface area contributed by atoms with Crippen molar-refractivity contribution in [2.75, 3.05) is 18.6 Å². The highest BCUT2D eigenvalue weighted by atomic mass is 32.2. The number of amides is 1. The minimum atomic E-state index is -3.04. The smallest absolute Gasteiger partial charge is 0.264 e. The molecule has 0 aliphatic carbocycles. The van der Waals surface area contributed by atoms with Crippen molar-refractivity contribution in [3.05, 3.63) is 46.4 Å². The molecule has 0 saturated carbocycles. The third kappa shape index (κ3) is 3.30. The van der Waals surface area contributed by atoms with E-state index in [1.54, 1.807) is 19.2 Å². The van der Waals surface area contributed by atoms with E-state index in [0.29, 0.717) is 11.3 Å². The highest BCUT2D eigenvalue weighted by Gasteiger charge is 2.33. The Morgan fingerprint density at radius 1 is 1.26 bits per heavy atom. The summed E-state index contributed by atoms with van der Waals surface area (Å²) in [6.07, 6.45) is 0.474. The molecular weight excluding hydrogens is 337 g/mol. The van der Waals surface area contributed by atoms with E-state index < -0.39 is 9.84 Å². The van der Waals surface area contributed by atoms with Gasteiger partial charge in [-0.15, -0.1) is 11.3 Å². The largest absolute Gasteiger partial charge is 0.337 e. The SMILES string of the molecule is CN(C(=O)c1sccc1-c1ccc(F)cc1)[C@@H]1CCS(=O)(=O)C1. The molecule has 2 aromatic rings. The first kappa shape index (κ1) is 16.1. The van der Waals surface area contributed by atoms with Crippen molar-refractivity contribution in [3.8, 4) is 11.1 Å². The Kier molecular flexibility index (Phi) is 4.25. The fourth-order valence-electron chi connectivity index (χ4n) is 2.74. The number of rotatable bonds is 3. The van der Waals surface area contributed by atoms with Gasteiger partial charge in [0.05, 0.1) is 16.4 Å². The quantitative estimate of drug-likeness (QED) is 0.853. The van der Waals surface area contributed by atoms with Crippen LogP contribution in [0.5, 0.6) is 0 Å². The summed E-state index contributed by atoms with van der Waals surface area (Å²) in [5.41, 5.74) is 1.51. The molecule has 1 saturated heterocycles. The molecule has 0 spiro atoms. The Morgan fingerprint density at radius 3 is 2.57 bits per heavy atom. The average Bonchev–Trinajstić information content (AvgIpc) is 3.13. The summed E-state index contributed by atoms with van der Waals surface area (Å²) in [4.78, 5) is 14.8. The molecule has 3 rings (SSSR count). The fourth-order valence-corrected chi connectivity index (χ4v) is 5.41. The zero-order valence-electron chi connectivity index (χ0n) is 12.5. The molecule has 1 amide bonds. The maximum absolute atomic E-state index is 13.1. The van der Waals surface area contributed by atoms with E-state index in [0.717, 1.165) is 11.1 Å². The molecule has 0 radical (unpaired) electrons. The number of nitrogens with zero attached hydrogens (tertiary/aromatic N) is 1. The second-order valence-electron chi connectivity index (χ2n) is 5.64. The predicted octanol–water partition coefficient (Wildman–Crippen LogP) is 2.81. The van der Waals surface area contributed by atoms with Gasteiger partial charge in [0.15, 0.2) is 9.84 Å². The van der Waals surface area contributed by atoms with Crippen LogP contribution in [-0.4, -0.2) is 43.8 Å². The summed E-state index contributed by atoms with van der Waals surface area (Å²) < 4.78 is 36.3. The van der Waals surface area contributed by atoms with Crippen LogP contribution in [0.4, 0.5) is 4.39 Å². The summed E-state index contributed by atoms with van der Waals surface area (Å²) in [5.74, 6) is -0.372. The molecule has 1 atom stereocenters. The molecule has 1 aromatic heterocycles. The lowest BCUT2D eigenvalue weighted by Crippen LogP contribution is -2.37. The summed E-state index contributed by atoms with van der Waals surface area (Å²) in [5, 5.41) is 1.81. The van der Waals surface area contributed by atoms with Crippen LogP contribution in [0.2, 0.25) is 0 Å². The van der Waals surface area contributed by atoms with Crippen LogP contribution >= 0.6 is 11.3 Å². The van der Waals surface area contributed by atoms with Gasteiger partial charge in [-0.25, -0.2) is 12.8 Å². The number of halogens is 1. The third-order valence-corrected chi connectivity index (χ3v) is 6.74. The van der Waals surface area contributed by atoms with Crippen molar-refractivity contribution in [2.45, 2.75) is 12.5 Å². The zero-order chi connectivity index (χ0) is 16.6. The standard InChI is InChI=1S/C16H16FNO3S2/c1-18(13-7-9-23(20,21)10-13)16(19)15-14(6-8-22-15)11-2-4-12(17)5-3-11/h2-6,8,13H,7,9-10H2,1H3/t13-/m1/s1. The van der Waals surface area contributed by atoms with E-state index >= 15 is 0 Å². The van der Waals surface area contributed by atoms with E-state index in [2.05, 4.69) is 0 Å². The van der Waals surface area contributed by atoms with E-state index in [4.69, 9.17) is 0 Å². The van der Waals surface area contributed by atoms with Crippen molar-refractivity contribution in [2.24, 2.45) is 0 Å². The van der Waals surface area contributed by atoms with Crippen LogP contribution in [0.15, 0.2) is 35.7 Å². The molecule has 4 nitrogen and oxygen atoms in total. The Balaban J connectivity index is 1.86. The number of sulfone groups is 1. The Labute approximate surface area is 138 Å². The molecule has 122 valence electrons. The minimum absolute atomic E-state index is 0.0203. The van der Waals surface area contributed by atoms with Crippen LogP contribution in [0.3, 0.4) is 0 Å². The summed E-state index contributed by atoms with van der Waals surface area (Å²) in [7, 11) is -1.40. The van der Waals surface area contributed by atoms with Crippen LogP contribution in [0.1, 0.15) is 16.1 Å². The van der Waals surface area contributed by atoms with Crippen molar-refractivity contribution >= 4 is 27.1 Å². The maximum Gasteiger partial charge on any atom is 0.264 e. The number of carbonyl (C=O) groups excluding carboxylic acids is 1. The Bertz CT molecular complexity index is 827. The van der Waals surface area contributed by atoms with Gasteiger partial charge in [0.2, 0.25) is 0 Å². The Morgan fingerprint density at radius 2 is 1.96 bits per heavy atom. The highest BCUT2D eigenvalue weighted by molar-refractivity contribution is 7.91. The van der Waals surface area contributed by atoms with Gasteiger partial charge < -0.3 is 4.90 Å². The van der Waals surface area contributed by atoms with Gasteiger partial charge in [0.25, 0.3) is 5.91 Å². The lowest BCUT2D eigenvalue weighted by Gasteiger charge is -2.23. The second kappa shape index (κ2) is 6.05. The summed E-state index contributed by atoms with van der Waals surface area (Å²) in [6, 6.07) is 7.52. The number of hydrogen-bond donors (Lipinski definition) is 0. The molecular formula is C16H16FNO3S2. The van der Waals surface area contributed by atoms with E-state index in [1.165, 1.54) is 28.4 Å². The molecule has 1 aromatic carbocycles. The first-order valence-electron chi connectivity index (χ1n) is 7.18. The van der Waals surface area contributed by atoms with Crippen LogP contribution < -0.4 is 0 Å².